The monoisotopic (exact) mass is 391 g/mol. The molecular weight excluding hydrogens is 366 g/mol. The van der Waals surface area contributed by atoms with Gasteiger partial charge in [0.2, 0.25) is 0 Å². The zero-order valence-electron chi connectivity index (χ0n) is 16.6. The number of carbonyl (C=O) groups excluding carboxylic acids is 1. The molecule has 29 heavy (non-hydrogen) atoms. The van der Waals surface area contributed by atoms with E-state index in [0.717, 1.165) is 28.3 Å². The highest BCUT2D eigenvalue weighted by Crippen LogP contribution is 2.17. The van der Waals surface area contributed by atoms with Crippen molar-refractivity contribution in [2.75, 3.05) is 26.1 Å². The van der Waals surface area contributed by atoms with Crippen LogP contribution in [-0.2, 0) is 13.0 Å². The topological polar surface area (TPSA) is 72.5 Å². The number of carbonyl (C=O) groups is 1. The van der Waals surface area contributed by atoms with E-state index in [1.54, 1.807) is 26.5 Å². The molecule has 0 aliphatic carbocycles. The highest BCUT2D eigenvalue weighted by atomic mass is 16.5. The highest BCUT2D eigenvalue weighted by Gasteiger charge is 2.08. The van der Waals surface area contributed by atoms with Crippen LogP contribution in [0.1, 0.15) is 21.6 Å². The average Bonchev–Trinajstić information content (AvgIpc) is 2.78. The summed E-state index contributed by atoms with van der Waals surface area (Å²) in [4.78, 5) is 16.6. The first-order chi connectivity index (χ1) is 14.2. The lowest BCUT2D eigenvalue weighted by atomic mass is 10.1. The summed E-state index contributed by atoms with van der Waals surface area (Å²) in [6.45, 7) is 1.18. The van der Waals surface area contributed by atoms with Gasteiger partial charge in [0.25, 0.3) is 5.91 Å². The molecule has 0 saturated carbocycles. The second-order valence-electron chi connectivity index (χ2n) is 6.45. The smallest absolute Gasteiger partial charge is 0.269 e. The van der Waals surface area contributed by atoms with Crippen LogP contribution < -0.4 is 20.1 Å². The molecule has 0 unspecified atom stereocenters. The lowest BCUT2D eigenvalue weighted by Gasteiger charge is -2.10. The number of ether oxygens (including phenoxy) is 2. The van der Waals surface area contributed by atoms with E-state index in [2.05, 4.69) is 15.6 Å². The number of anilines is 1. The number of benzene rings is 2. The van der Waals surface area contributed by atoms with Crippen LogP contribution in [0.3, 0.4) is 0 Å². The molecule has 0 fully saturated rings. The lowest BCUT2D eigenvalue weighted by molar-refractivity contribution is 0.0949. The first kappa shape index (κ1) is 20.2. The van der Waals surface area contributed by atoms with Gasteiger partial charge in [0.1, 0.15) is 17.2 Å². The van der Waals surface area contributed by atoms with Crippen molar-refractivity contribution in [1.29, 1.82) is 0 Å². The van der Waals surface area contributed by atoms with Gasteiger partial charge in [0.05, 0.1) is 26.1 Å². The predicted molar refractivity (Wildman–Crippen MR) is 114 cm³/mol. The molecule has 0 spiro atoms. The third-order valence-corrected chi connectivity index (χ3v) is 4.52. The van der Waals surface area contributed by atoms with Crippen LogP contribution in [0, 0.1) is 0 Å². The molecule has 0 atom stereocenters. The van der Waals surface area contributed by atoms with E-state index in [9.17, 15) is 4.79 Å². The van der Waals surface area contributed by atoms with Gasteiger partial charge in [-0.3, -0.25) is 4.79 Å². The van der Waals surface area contributed by atoms with Gasteiger partial charge in [-0.1, -0.05) is 30.3 Å². The van der Waals surface area contributed by atoms with Gasteiger partial charge in [-0.05, 0) is 47.9 Å². The molecule has 0 bridgehead atoms. The van der Waals surface area contributed by atoms with Crippen LogP contribution in [0.2, 0.25) is 0 Å². The average molecular weight is 391 g/mol. The molecule has 2 aromatic carbocycles. The molecule has 0 aliphatic rings. The third kappa shape index (κ3) is 5.72. The number of aromatic nitrogens is 1. The summed E-state index contributed by atoms with van der Waals surface area (Å²) < 4.78 is 10.5. The Labute approximate surface area is 170 Å². The second kappa shape index (κ2) is 10.1. The fourth-order valence-corrected chi connectivity index (χ4v) is 2.89. The van der Waals surface area contributed by atoms with Gasteiger partial charge < -0.3 is 20.1 Å². The molecule has 3 aromatic rings. The molecule has 1 aromatic heterocycles. The maximum atomic E-state index is 12.3. The number of hydrogen-bond donors (Lipinski definition) is 2. The van der Waals surface area contributed by atoms with E-state index in [4.69, 9.17) is 9.47 Å². The molecule has 3 rings (SSSR count). The van der Waals surface area contributed by atoms with Gasteiger partial charge in [-0.2, -0.15) is 0 Å². The van der Waals surface area contributed by atoms with Gasteiger partial charge in [0.15, 0.2) is 0 Å². The number of para-hydroxylation sites is 1. The number of pyridine rings is 1. The van der Waals surface area contributed by atoms with Gasteiger partial charge >= 0.3 is 0 Å². The summed E-state index contributed by atoms with van der Waals surface area (Å²) in [6.07, 6.45) is 2.36. The normalized spacial score (nSPS) is 10.3. The molecular formula is C23H25N3O3. The standard InChI is InChI=1S/C23H25N3O3/c1-28-20-10-7-17(8-11-20)15-25-19-9-12-21(26-16-19)23(27)24-14-13-18-5-3-4-6-22(18)29-2/h3-12,16,25H,13-15H2,1-2H3,(H,24,27). The van der Waals surface area contributed by atoms with Crippen molar-refractivity contribution in [2.24, 2.45) is 0 Å². The molecule has 6 nitrogen and oxygen atoms in total. The molecule has 1 heterocycles. The van der Waals surface area contributed by atoms with E-state index in [-0.39, 0.29) is 5.91 Å². The zero-order valence-corrected chi connectivity index (χ0v) is 16.6. The molecule has 0 aliphatic heterocycles. The summed E-state index contributed by atoms with van der Waals surface area (Å²) >= 11 is 0. The quantitative estimate of drug-likeness (QED) is 0.582. The van der Waals surface area contributed by atoms with Crippen molar-refractivity contribution in [2.45, 2.75) is 13.0 Å². The number of nitrogens with one attached hydrogen (secondary N) is 2. The minimum Gasteiger partial charge on any atom is -0.497 e. The minimum atomic E-state index is -0.193. The molecule has 150 valence electrons. The van der Waals surface area contributed by atoms with Crippen molar-refractivity contribution in [1.82, 2.24) is 10.3 Å². The summed E-state index contributed by atoms with van der Waals surface area (Å²) in [5, 5.41) is 6.19. The maximum absolute atomic E-state index is 12.3. The molecule has 6 heteroatoms. The van der Waals surface area contributed by atoms with Crippen molar-refractivity contribution in [3.63, 3.8) is 0 Å². The Balaban J connectivity index is 1.47. The van der Waals surface area contributed by atoms with Crippen molar-refractivity contribution in [3.05, 3.63) is 83.7 Å². The number of rotatable bonds is 9. The van der Waals surface area contributed by atoms with Crippen LogP contribution in [-0.4, -0.2) is 31.7 Å². The van der Waals surface area contributed by atoms with Crippen LogP contribution in [0.25, 0.3) is 0 Å². The Bertz CT molecular complexity index is 925. The van der Waals surface area contributed by atoms with Crippen LogP contribution in [0.5, 0.6) is 11.5 Å². The van der Waals surface area contributed by atoms with Crippen molar-refractivity contribution < 1.29 is 14.3 Å². The first-order valence-electron chi connectivity index (χ1n) is 9.42. The Morgan fingerprint density at radius 2 is 1.76 bits per heavy atom. The maximum Gasteiger partial charge on any atom is 0.269 e. The van der Waals surface area contributed by atoms with E-state index < -0.39 is 0 Å². The third-order valence-electron chi connectivity index (χ3n) is 4.52. The highest BCUT2D eigenvalue weighted by molar-refractivity contribution is 5.92. The predicted octanol–water partition coefficient (Wildman–Crippen LogP) is 3.68. The second-order valence-corrected chi connectivity index (χ2v) is 6.45. The van der Waals surface area contributed by atoms with E-state index in [1.807, 2.05) is 54.6 Å². The Morgan fingerprint density at radius 3 is 2.45 bits per heavy atom. The summed E-state index contributed by atoms with van der Waals surface area (Å²) in [6, 6.07) is 19.2. The van der Waals surface area contributed by atoms with E-state index in [0.29, 0.717) is 25.2 Å². The van der Waals surface area contributed by atoms with Crippen molar-refractivity contribution >= 4 is 11.6 Å². The van der Waals surface area contributed by atoms with Crippen molar-refractivity contribution in [3.8, 4) is 11.5 Å². The molecule has 0 radical (unpaired) electrons. The number of amides is 1. The van der Waals surface area contributed by atoms with E-state index in [1.165, 1.54) is 0 Å². The van der Waals surface area contributed by atoms with Crippen LogP contribution in [0.15, 0.2) is 66.9 Å². The molecule has 2 N–H and O–H groups in total. The zero-order chi connectivity index (χ0) is 20.5. The SMILES string of the molecule is COc1ccc(CNc2ccc(C(=O)NCCc3ccccc3OC)nc2)cc1. The summed E-state index contributed by atoms with van der Waals surface area (Å²) in [5.74, 6) is 1.46. The Kier molecular flexibility index (Phi) is 7.05. The number of nitrogens with zero attached hydrogens (tertiary/aromatic N) is 1. The van der Waals surface area contributed by atoms with Gasteiger partial charge in [-0.25, -0.2) is 4.98 Å². The van der Waals surface area contributed by atoms with E-state index >= 15 is 0 Å². The largest absolute Gasteiger partial charge is 0.497 e. The first-order valence-corrected chi connectivity index (χ1v) is 9.42. The Hall–Kier alpha value is -3.54. The Morgan fingerprint density at radius 1 is 0.966 bits per heavy atom. The fourth-order valence-electron chi connectivity index (χ4n) is 2.89. The fraction of sp³-hybridized carbons (Fsp3) is 0.217. The number of methoxy groups -OCH3 is 2. The van der Waals surface area contributed by atoms with Gasteiger partial charge in [0, 0.05) is 13.1 Å². The number of hydrogen-bond acceptors (Lipinski definition) is 5. The lowest BCUT2D eigenvalue weighted by Crippen LogP contribution is -2.26. The molecule has 1 amide bonds. The van der Waals surface area contributed by atoms with Crippen LogP contribution in [0.4, 0.5) is 5.69 Å². The van der Waals surface area contributed by atoms with Gasteiger partial charge in [-0.15, -0.1) is 0 Å². The summed E-state index contributed by atoms with van der Waals surface area (Å²) in [7, 11) is 3.29. The summed E-state index contributed by atoms with van der Waals surface area (Å²) in [5.41, 5.74) is 3.43. The molecule has 0 saturated heterocycles. The van der Waals surface area contributed by atoms with Crippen LogP contribution >= 0.6 is 0 Å². The minimum absolute atomic E-state index is 0.193.